The van der Waals surface area contributed by atoms with Gasteiger partial charge in [0.15, 0.2) is 0 Å². The molecule has 0 saturated carbocycles. The number of carbonyl (C=O) groups is 1. The molecule has 1 rings (SSSR count). The Balaban J connectivity index is 2.57. The van der Waals surface area contributed by atoms with E-state index in [2.05, 4.69) is 10.8 Å². The summed E-state index contributed by atoms with van der Waals surface area (Å²) in [4.78, 5) is 16.1. The normalized spacial score (nSPS) is 9.94. The molecule has 0 heterocycles. The summed E-state index contributed by atoms with van der Waals surface area (Å²) in [5.74, 6) is -0.195. The Hall–Kier alpha value is -1.75. The van der Waals surface area contributed by atoms with Crippen molar-refractivity contribution < 1.29 is 14.4 Å². The van der Waals surface area contributed by atoms with Crippen LogP contribution < -0.4 is 10.8 Å². The first-order valence-corrected chi connectivity index (χ1v) is 5.97. The van der Waals surface area contributed by atoms with Crippen molar-refractivity contribution in [2.24, 2.45) is 0 Å². The van der Waals surface area contributed by atoms with Gasteiger partial charge in [-0.2, -0.15) is 0 Å². The second kappa shape index (κ2) is 7.55. The fourth-order valence-corrected chi connectivity index (χ4v) is 1.62. The minimum atomic E-state index is -0.195. The Morgan fingerprint density at radius 1 is 1.39 bits per heavy atom. The van der Waals surface area contributed by atoms with E-state index in [1.165, 1.54) is 0 Å². The van der Waals surface area contributed by atoms with Gasteiger partial charge in [-0.1, -0.05) is 12.1 Å². The summed E-state index contributed by atoms with van der Waals surface area (Å²) in [6.07, 6.45) is 0.342. The number of aryl methyl sites for hydroxylation is 1. The molecule has 0 aliphatic heterocycles. The Morgan fingerprint density at radius 3 is 2.83 bits per heavy atom. The standard InChI is InChI=1S/C13H20N2O3/c1-4-18-12(16)8-9-14-13-10(2)6-5-7-11(13)15-17-3/h5-7,14-15H,4,8-9H2,1-3H3. The van der Waals surface area contributed by atoms with E-state index in [0.717, 1.165) is 16.9 Å². The number of nitrogens with one attached hydrogen (secondary N) is 2. The zero-order valence-corrected chi connectivity index (χ0v) is 11.1. The highest BCUT2D eigenvalue weighted by molar-refractivity contribution is 5.73. The van der Waals surface area contributed by atoms with Crippen molar-refractivity contribution in [2.45, 2.75) is 20.3 Å². The van der Waals surface area contributed by atoms with E-state index in [1.54, 1.807) is 14.0 Å². The average molecular weight is 252 g/mol. The molecule has 0 radical (unpaired) electrons. The van der Waals surface area contributed by atoms with Gasteiger partial charge in [0.2, 0.25) is 0 Å². The monoisotopic (exact) mass is 252 g/mol. The van der Waals surface area contributed by atoms with Crippen LogP contribution in [0.15, 0.2) is 18.2 Å². The Morgan fingerprint density at radius 2 is 2.17 bits per heavy atom. The second-order valence-electron chi connectivity index (χ2n) is 3.79. The molecule has 0 saturated heterocycles. The zero-order valence-electron chi connectivity index (χ0n) is 11.1. The predicted octanol–water partition coefficient (Wildman–Crippen LogP) is 2.33. The highest BCUT2D eigenvalue weighted by atomic mass is 16.6. The van der Waals surface area contributed by atoms with Crippen LogP contribution in [0, 0.1) is 6.92 Å². The largest absolute Gasteiger partial charge is 0.466 e. The first-order valence-electron chi connectivity index (χ1n) is 5.97. The van der Waals surface area contributed by atoms with Crippen LogP contribution in [0.5, 0.6) is 0 Å². The Bertz CT molecular complexity index is 394. The van der Waals surface area contributed by atoms with E-state index < -0.39 is 0 Å². The summed E-state index contributed by atoms with van der Waals surface area (Å²) >= 11 is 0. The number of benzene rings is 1. The highest BCUT2D eigenvalue weighted by Gasteiger charge is 2.06. The SMILES string of the molecule is CCOC(=O)CCNc1c(C)cccc1NOC. The predicted molar refractivity (Wildman–Crippen MR) is 71.6 cm³/mol. The molecular formula is C13H20N2O3. The van der Waals surface area contributed by atoms with Gasteiger partial charge in [-0.15, -0.1) is 0 Å². The van der Waals surface area contributed by atoms with E-state index in [9.17, 15) is 4.79 Å². The lowest BCUT2D eigenvalue weighted by atomic mass is 10.1. The lowest BCUT2D eigenvalue weighted by Crippen LogP contribution is -2.13. The van der Waals surface area contributed by atoms with Gasteiger partial charge < -0.3 is 10.1 Å². The van der Waals surface area contributed by atoms with Crippen molar-refractivity contribution in [3.8, 4) is 0 Å². The molecular weight excluding hydrogens is 232 g/mol. The molecule has 100 valence electrons. The fraction of sp³-hybridized carbons (Fsp3) is 0.462. The molecule has 5 heteroatoms. The van der Waals surface area contributed by atoms with Crippen molar-refractivity contribution in [1.82, 2.24) is 0 Å². The third-order valence-electron chi connectivity index (χ3n) is 2.42. The maximum absolute atomic E-state index is 11.2. The molecule has 0 fully saturated rings. The van der Waals surface area contributed by atoms with Crippen LogP contribution in [0.4, 0.5) is 11.4 Å². The van der Waals surface area contributed by atoms with Crippen LogP contribution in [0.25, 0.3) is 0 Å². The first-order chi connectivity index (χ1) is 8.69. The third-order valence-corrected chi connectivity index (χ3v) is 2.42. The maximum atomic E-state index is 11.2. The van der Waals surface area contributed by atoms with Gasteiger partial charge in [0.25, 0.3) is 0 Å². The van der Waals surface area contributed by atoms with Crippen LogP contribution in [0.3, 0.4) is 0 Å². The van der Waals surface area contributed by atoms with Gasteiger partial charge in [-0.05, 0) is 25.5 Å². The smallest absolute Gasteiger partial charge is 0.307 e. The van der Waals surface area contributed by atoms with Gasteiger partial charge in [-0.3, -0.25) is 15.1 Å². The number of hydrogen-bond acceptors (Lipinski definition) is 5. The summed E-state index contributed by atoms with van der Waals surface area (Å²) in [5.41, 5.74) is 5.67. The highest BCUT2D eigenvalue weighted by Crippen LogP contribution is 2.25. The summed E-state index contributed by atoms with van der Waals surface area (Å²) in [6.45, 7) is 4.74. The molecule has 0 unspecified atom stereocenters. The molecule has 0 aromatic heterocycles. The molecule has 0 bridgehead atoms. The quantitative estimate of drug-likeness (QED) is 0.576. The van der Waals surface area contributed by atoms with Crippen molar-refractivity contribution in [1.29, 1.82) is 0 Å². The molecule has 1 aromatic rings. The van der Waals surface area contributed by atoms with E-state index in [0.29, 0.717) is 19.6 Å². The van der Waals surface area contributed by atoms with Crippen LogP contribution >= 0.6 is 0 Å². The van der Waals surface area contributed by atoms with Crippen molar-refractivity contribution in [3.63, 3.8) is 0 Å². The van der Waals surface area contributed by atoms with Crippen LogP contribution in [-0.2, 0) is 14.4 Å². The summed E-state index contributed by atoms with van der Waals surface area (Å²) < 4.78 is 4.87. The van der Waals surface area contributed by atoms with Crippen LogP contribution in [-0.4, -0.2) is 26.2 Å². The van der Waals surface area contributed by atoms with Crippen molar-refractivity contribution in [3.05, 3.63) is 23.8 Å². The van der Waals surface area contributed by atoms with Crippen molar-refractivity contribution >= 4 is 17.3 Å². The van der Waals surface area contributed by atoms with E-state index in [1.807, 2.05) is 25.1 Å². The van der Waals surface area contributed by atoms with E-state index in [4.69, 9.17) is 9.57 Å². The number of hydrogen-bond donors (Lipinski definition) is 2. The Kier molecular flexibility index (Phi) is 6.00. The van der Waals surface area contributed by atoms with Gasteiger partial charge in [-0.25, -0.2) is 0 Å². The molecule has 1 aromatic carbocycles. The van der Waals surface area contributed by atoms with E-state index >= 15 is 0 Å². The molecule has 5 nitrogen and oxygen atoms in total. The molecule has 0 aliphatic rings. The number of para-hydroxylation sites is 1. The van der Waals surface area contributed by atoms with Gasteiger partial charge >= 0.3 is 5.97 Å². The Labute approximate surface area is 107 Å². The summed E-state index contributed by atoms with van der Waals surface area (Å²) in [6, 6.07) is 5.84. The topological polar surface area (TPSA) is 59.6 Å². The number of rotatable bonds is 7. The maximum Gasteiger partial charge on any atom is 0.307 e. The number of ether oxygens (including phenoxy) is 1. The number of anilines is 2. The second-order valence-corrected chi connectivity index (χ2v) is 3.79. The fourth-order valence-electron chi connectivity index (χ4n) is 1.62. The molecule has 0 atom stereocenters. The first kappa shape index (κ1) is 14.3. The molecule has 18 heavy (non-hydrogen) atoms. The van der Waals surface area contributed by atoms with Crippen LogP contribution in [0.2, 0.25) is 0 Å². The molecule has 2 N–H and O–H groups in total. The summed E-state index contributed by atoms with van der Waals surface area (Å²) in [5, 5.41) is 3.21. The third kappa shape index (κ3) is 4.25. The number of esters is 1. The molecule has 0 amide bonds. The molecule has 0 spiro atoms. The summed E-state index contributed by atoms with van der Waals surface area (Å²) in [7, 11) is 1.56. The average Bonchev–Trinajstić information content (AvgIpc) is 2.33. The van der Waals surface area contributed by atoms with Crippen molar-refractivity contribution in [2.75, 3.05) is 31.1 Å². The van der Waals surface area contributed by atoms with Gasteiger partial charge in [0, 0.05) is 6.54 Å². The van der Waals surface area contributed by atoms with Crippen LogP contribution in [0.1, 0.15) is 18.9 Å². The minimum Gasteiger partial charge on any atom is -0.466 e. The van der Waals surface area contributed by atoms with Gasteiger partial charge in [0.05, 0.1) is 31.5 Å². The molecule has 0 aliphatic carbocycles. The lowest BCUT2D eigenvalue weighted by molar-refractivity contribution is -0.142. The minimum absolute atomic E-state index is 0.195. The van der Waals surface area contributed by atoms with E-state index in [-0.39, 0.29) is 5.97 Å². The number of carbonyl (C=O) groups excluding carboxylic acids is 1. The zero-order chi connectivity index (χ0) is 13.4. The lowest BCUT2D eigenvalue weighted by Gasteiger charge is -2.14. The van der Waals surface area contributed by atoms with Gasteiger partial charge in [0.1, 0.15) is 0 Å².